The lowest BCUT2D eigenvalue weighted by molar-refractivity contribution is -0.150. The summed E-state index contributed by atoms with van der Waals surface area (Å²) in [6.07, 6.45) is 3.53. The van der Waals surface area contributed by atoms with Crippen molar-refractivity contribution in [1.29, 1.82) is 0 Å². The third kappa shape index (κ3) is 3.02. The first-order valence-electron chi connectivity index (χ1n) is 6.54. The number of amides is 1. The van der Waals surface area contributed by atoms with Crippen LogP contribution in [0.15, 0.2) is 0 Å². The molecule has 0 aromatic carbocycles. The number of nitrogens with one attached hydrogen (secondary N) is 2. The number of methoxy groups -OCH3 is 1. The number of carbonyl (C=O) groups excluding carboxylic acids is 2. The van der Waals surface area contributed by atoms with E-state index < -0.39 is 17.0 Å². The van der Waals surface area contributed by atoms with Gasteiger partial charge < -0.3 is 15.4 Å². The fraction of sp³-hybridized carbons (Fsp3) is 0.846. The molecule has 0 aromatic heterocycles. The van der Waals surface area contributed by atoms with Crippen molar-refractivity contribution in [3.63, 3.8) is 0 Å². The maximum atomic E-state index is 12.4. The summed E-state index contributed by atoms with van der Waals surface area (Å²) in [7, 11) is 1.33. The largest absolute Gasteiger partial charge is 0.467 e. The van der Waals surface area contributed by atoms with Gasteiger partial charge in [0.2, 0.25) is 5.91 Å². The second kappa shape index (κ2) is 5.69. The van der Waals surface area contributed by atoms with Crippen LogP contribution in [0.3, 0.4) is 0 Å². The molecule has 5 nitrogen and oxygen atoms in total. The van der Waals surface area contributed by atoms with Crippen molar-refractivity contribution in [2.24, 2.45) is 0 Å². The first-order chi connectivity index (χ1) is 8.38. The highest BCUT2D eigenvalue weighted by Crippen LogP contribution is 2.25. The molecule has 0 saturated carbocycles. The van der Waals surface area contributed by atoms with E-state index >= 15 is 0 Å². The van der Waals surface area contributed by atoms with Crippen LogP contribution in [0, 0.1) is 0 Å². The summed E-state index contributed by atoms with van der Waals surface area (Å²) in [5.41, 5.74) is -1.50. The van der Waals surface area contributed by atoms with Crippen molar-refractivity contribution in [1.82, 2.24) is 10.6 Å². The summed E-state index contributed by atoms with van der Waals surface area (Å²) in [6, 6.07) is 0. The van der Waals surface area contributed by atoms with Gasteiger partial charge in [-0.15, -0.1) is 0 Å². The minimum absolute atomic E-state index is 0.0998. The lowest BCUT2D eigenvalue weighted by atomic mass is 9.89. The van der Waals surface area contributed by atoms with Crippen LogP contribution in [0.5, 0.6) is 0 Å². The molecule has 0 radical (unpaired) electrons. The molecular weight excluding hydrogens is 232 g/mol. The Morgan fingerprint density at radius 1 is 1.44 bits per heavy atom. The van der Waals surface area contributed by atoms with Gasteiger partial charge in [-0.3, -0.25) is 4.79 Å². The van der Waals surface area contributed by atoms with E-state index in [9.17, 15) is 9.59 Å². The first-order valence-corrected chi connectivity index (χ1v) is 6.54. The number of hydrogen-bond donors (Lipinski definition) is 2. The van der Waals surface area contributed by atoms with Crippen LogP contribution in [-0.4, -0.2) is 36.6 Å². The zero-order valence-corrected chi connectivity index (χ0v) is 11.8. The number of rotatable bonds is 5. The molecule has 18 heavy (non-hydrogen) atoms. The van der Waals surface area contributed by atoms with Crippen LogP contribution in [0.4, 0.5) is 0 Å². The van der Waals surface area contributed by atoms with Crippen LogP contribution in [-0.2, 0) is 14.3 Å². The molecule has 2 N–H and O–H groups in total. The minimum Gasteiger partial charge on any atom is -0.467 e. The average Bonchev–Trinajstić information content (AvgIpc) is 2.77. The Morgan fingerprint density at radius 2 is 2.11 bits per heavy atom. The van der Waals surface area contributed by atoms with E-state index in [0.717, 1.165) is 32.2 Å². The van der Waals surface area contributed by atoms with Crippen LogP contribution in [0.25, 0.3) is 0 Å². The third-order valence-corrected chi connectivity index (χ3v) is 3.48. The van der Waals surface area contributed by atoms with Gasteiger partial charge in [-0.1, -0.05) is 13.3 Å². The van der Waals surface area contributed by atoms with Gasteiger partial charge in [-0.2, -0.15) is 0 Å². The predicted molar refractivity (Wildman–Crippen MR) is 69.1 cm³/mol. The molecule has 1 aliphatic heterocycles. The Morgan fingerprint density at radius 3 is 2.56 bits per heavy atom. The Hall–Kier alpha value is -1.10. The second-order valence-corrected chi connectivity index (χ2v) is 5.43. The summed E-state index contributed by atoms with van der Waals surface area (Å²) in [4.78, 5) is 24.0. The molecule has 0 aliphatic carbocycles. The first kappa shape index (κ1) is 15.0. The standard InChI is InChI=1S/C13H24N2O3/c1-5-7-13(8-6-9-14-13)10(16)15-12(2,3)11(17)18-4/h14H,5-9H2,1-4H3,(H,15,16). The van der Waals surface area contributed by atoms with Gasteiger partial charge in [-0.05, 0) is 39.7 Å². The monoisotopic (exact) mass is 256 g/mol. The Labute approximate surface area is 109 Å². The van der Waals surface area contributed by atoms with Crippen LogP contribution >= 0.6 is 0 Å². The fourth-order valence-corrected chi connectivity index (χ4v) is 2.46. The van der Waals surface area contributed by atoms with Gasteiger partial charge in [0.05, 0.1) is 12.6 Å². The molecule has 0 bridgehead atoms. The summed E-state index contributed by atoms with van der Waals surface area (Å²) >= 11 is 0. The molecule has 1 saturated heterocycles. The van der Waals surface area contributed by atoms with E-state index in [4.69, 9.17) is 4.74 Å². The Bertz CT molecular complexity index is 320. The van der Waals surface area contributed by atoms with Crippen molar-refractivity contribution in [2.45, 2.75) is 57.5 Å². The van der Waals surface area contributed by atoms with Crippen molar-refractivity contribution in [3.05, 3.63) is 0 Å². The van der Waals surface area contributed by atoms with Crippen LogP contribution in [0.1, 0.15) is 46.5 Å². The van der Waals surface area contributed by atoms with Gasteiger partial charge in [0.25, 0.3) is 0 Å². The van der Waals surface area contributed by atoms with Crippen molar-refractivity contribution >= 4 is 11.9 Å². The van der Waals surface area contributed by atoms with Crippen LogP contribution < -0.4 is 10.6 Å². The highest BCUT2D eigenvalue weighted by molar-refractivity contribution is 5.92. The average molecular weight is 256 g/mol. The smallest absolute Gasteiger partial charge is 0.330 e. The summed E-state index contributed by atoms with van der Waals surface area (Å²) in [6.45, 7) is 6.23. The molecule has 5 heteroatoms. The quantitative estimate of drug-likeness (QED) is 0.719. The SMILES string of the molecule is CCCC1(C(=O)NC(C)(C)C(=O)OC)CCCN1. The molecule has 0 aromatic rings. The van der Waals surface area contributed by atoms with Crippen molar-refractivity contribution < 1.29 is 14.3 Å². The highest BCUT2D eigenvalue weighted by atomic mass is 16.5. The molecule has 0 spiro atoms. The van der Waals surface area contributed by atoms with Gasteiger partial charge in [-0.25, -0.2) is 4.79 Å². The van der Waals surface area contributed by atoms with E-state index in [1.165, 1.54) is 7.11 Å². The summed E-state index contributed by atoms with van der Waals surface area (Å²) in [5, 5.41) is 6.08. The molecule has 104 valence electrons. The number of carbonyl (C=O) groups is 2. The molecule has 1 heterocycles. The molecule has 1 atom stereocenters. The van der Waals surface area contributed by atoms with Gasteiger partial charge in [0.1, 0.15) is 5.54 Å². The summed E-state index contributed by atoms with van der Waals surface area (Å²) in [5.74, 6) is -0.530. The molecule has 1 fully saturated rings. The molecule has 1 amide bonds. The van der Waals surface area contributed by atoms with Gasteiger partial charge in [0.15, 0.2) is 0 Å². The molecule has 1 rings (SSSR count). The Balaban J connectivity index is 2.76. The maximum Gasteiger partial charge on any atom is 0.330 e. The normalized spacial score (nSPS) is 23.8. The highest BCUT2D eigenvalue weighted by Gasteiger charge is 2.43. The lowest BCUT2D eigenvalue weighted by Crippen LogP contribution is -2.60. The topological polar surface area (TPSA) is 67.4 Å². The molecule has 1 aliphatic rings. The number of hydrogen-bond acceptors (Lipinski definition) is 4. The van der Waals surface area contributed by atoms with E-state index in [1.54, 1.807) is 13.8 Å². The van der Waals surface area contributed by atoms with Crippen molar-refractivity contribution in [3.8, 4) is 0 Å². The zero-order valence-electron chi connectivity index (χ0n) is 11.8. The van der Waals surface area contributed by atoms with E-state index in [-0.39, 0.29) is 5.91 Å². The van der Waals surface area contributed by atoms with E-state index in [2.05, 4.69) is 17.6 Å². The second-order valence-electron chi connectivity index (χ2n) is 5.43. The minimum atomic E-state index is -0.989. The number of ether oxygens (including phenoxy) is 1. The van der Waals surface area contributed by atoms with Gasteiger partial charge >= 0.3 is 5.97 Å². The van der Waals surface area contributed by atoms with E-state index in [1.807, 2.05) is 0 Å². The lowest BCUT2D eigenvalue weighted by Gasteiger charge is -2.32. The maximum absolute atomic E-state index is 12.4. The van der Waals surface area contributed by atoms with E-state index in [0.29, 0.717) is 0 Å². The third-order valence-electron chi connectivity index (χ3n) is 3.48. The predicted octanol–water partition coefficient (Wildman–Crippen LogP) is 0.976. The molecule has 1 unspecified atom stereocenters. The number of esters is 1. The zero-order chi connectivity index (χ0) is 13.8. The fourth-order valence-electron chi connectivity index (χ4n) is 2.46. The van der Waals surface area contributed by atoms with Gasteiger partial charge in [0, 0.05) is 0 Å². The summed E-state index contributed by atoms with van der Waals surface area (Å²) < 4.78 is 4.70. The van der Waals surface area contributed by atoms with Crippen molar-refractivity contribution in [2.75, 3.05) is 13.7 Å². The van der Waals surface area contributed by atoms with Crippen LogP contribution in [0.2, 0.25) is 0 Å². The Kier molecular flexibility index (Phi) is 4.73. The molecular formula is C13H24N2O3.